The van der Waals surface area contributed by atoms with Gasteiger partial charge in [-0.05, 0) is 24.9 Å². The molecule has 0 spiro atoms. The van der Waals surface area contributed by atoms with Crippen molar-refractivity contribution in [2.75, 3.05) is 19.0 Å². The highest BCUT2D eigenvalue weighted by Gasteiger charge is 2.00. The van der Waals surface area contributed by atoms with Crippen LogP contribution >= 0.6 is 0 Å². The summed E-state index contributed by atoms with van der Waals surface area (Å²) in [4.78, 5) is 9.89. The Morgan fingerprint density at radius 2 is 2.20 bits per heavy atom. The molecule has 0 aliphatic rings. The molecule has 3 nitrogen and oxygen atoms in total. The molecule has 1 heterocycles. The molecular formula is C12H15N3. The van der Waals surface area contributed by atoms with Crippen LogP contribution in [0.5, 0.6) is 0 Å². The second kappa shape index (κ2) is 5.75. The summed E-state index contributed by atoms with van der Waals surface area (Å²) in [5.41, 5.74) is 1.08. The van der Waals surface area contributed by atoms with Gasteiger partial charge in [0.25, 0.3) is 0 Å². The lowest BCUT2D eigenvalue weighted by Gasteiger charge is -2.13. The van der Waals surface area contributed by atoms with E-state index in [9.17, 15) is 0 Å². The van der Waals surface area contributed by atoms with Crippen LogP contribution in [0.25, 0.3) is 6.08 Å². The van der Waals surface area contributed by atoms with E-state index in [4.69, 9.17) is 0 Å². The van der Waals surface area contributed by atoms with Crippen molar-refractivity contribution in [1.29, 1.82) is 0 Å². The summed E-state index contributed by atoms with van der Waals surface area (Å²) in [5, 5.41) is 0. The zero-order valence-electron chi connectivity index (χ0n) is 9.09. The average molecular weight is 201 g/mol. The smallest absolute Gasteiger partial charge is 0.135 e. The van der Waals surface area contributed by atoms with Gasteiger partial charge < -0.3 is 4.90 Å². The van der Waals surface area contributed by atoms with Crippen molar-refractivity contribution in [1.82, 2.24) is 4.98 Å². The monoisotopic (exact) mass is 201 g/mol. The van der Waals surface area contributed by atoms with Crippen LogP contribution in [-0.4, -0.2) is 25.8 Å². The summed E-state index contributed by atoms with van der Waals surface area (Å²) in [5.74, 6) is 0.953. The van der Waals surface area contributed by atoms with Gasteiger partial charge in [-0.25, -0.2) is 4.98 Å². The lowest BCUT2D eigenvalue weighted by Crippen LogP contribution is -2.11. The molecule has 0 saturated heterocycles. The predicted octanol–water partition coefficient (Wildman–Crippen LogP) is 2.38. The van der Waals surface area contributed by atoms with Gasteiger partial charge in [-0.1, -0.05) is 12.2 Å². The van der Waals surface area contributed by atoms with Gasteiger partial charge in [-0.15, -0.1) is 0 Å². The Bertz CT molecular complexity index is 378. The first-order valence-corrected chi connectivity index (χ1v) is 4.67. The molecule has 3 heteroatoms. The molecule has 0 bridgehead atoms. The minimum atomic E-state index is 0.953. The molecule has 0 amide bonds. The molecule has 0 unspecified atom stereocenters. The molecule has 0 saturated carbocycles. The van der Waals surface area contributed by atoms with Crippen LogP contribution < -0.4 is 4.90 Å². The van der Waals surface area contributed by atoms with Gasteiger partial charge in [0.2, 0.25) is 0 Å². The Hall–Kier alpha value is -1.90. The number of anilines is 1. The molecular weight excluding hydrogens is 186 g/mol. The van der Waals surface area contributed by atoms with E-state index in [0.717, 1.165) is 11.4 Å². The Labute approximate surface area is 90.5 Å². The van der Waals surface area contributed by atoms with Crippen LogP contribution in [0.15, 0.2) is 41.7 Å². The standard InChI is InChI=1S/C12H15N3/c1-13-9-5-4-7-11-8-6-10-14-12(11)15(2)3/h4-10H,1H2,2-3H3/b7-4+,9-5-. The molecule has 0 N–H and O–H groups in total. The maximum absolute atomic E-state index is 4.29. The van der Waals surface area contributed by atoms with Gasteiger partial charge in [-0.3, -0.25) is 4.99 Å². The molecule has 1 rings (SSSR count). The zero-order chi connectivity index (χ0) is 11.1. The summed E-state index contributed by atoms with van der Waals surface area (Å²) < 4.78 is 0. The van der Waals surface area contributed by atoms with Crippen molar-refractivity contribution in [2.24, 2.45) is 4.99 Å². The molecule has 1 aromatic rings. The van der Waals surface area contributed by atoms with E-state index >= 15 is 0 Å². The number of aliphatic imine (C=N–C) groups is 1. The molecule has 0 aromatic carbocycles. The van der Waals surface area contributed by atoms with Crippen molar-refractivity contribution >= 4 is 18.6 Å². The minimum absolute atomic E-state index is 0.953. The number of pyridine rings is 1. The number of hydrogen-bond donors (Lipinski definition) is 0. The van der Waals surface area contributed by atoms with Gasteiger partial charge >= 0.3 is 0 Å². The summed E-state index contributed by atoms with van der Waals surface area (Å²) in [7, 11) is 3.95. The van der Waals surface area contributed by atoms with Gasteiger partial charge in [0, 0.05) is 32.1 Å². The van der Waals surface area contributed by atoms with Gasteiger partial charge in [0.05, 0.1) is 0 Å². The third-order valence-electron chi connectivity index (χ3n) is 1.82. The van der Waals surface area contributed by atoms with E-state index < -0.39 is 0 Å². The fraction of sp³-hybridized carbons (Fsp3) is 0.167. The fourth-order valence-corrected chi connectivity index (χ4v) is 1.18. The first-order valence-electron chi connectivity index (χ1n) is 4.67. The maximum atomic E-state index is 4.29. The molecule has 0 aliphatic heterocycles. The Kier molecular flexibility index (Phi) is 4.29. The number of allylic oxidation sites excluding steroid dienone is 2. The summed E-state index contributed by atoms with van der Waals surface area (Å²) in [6.07, 6.45) is 9.16. The largest absolute Gasteiger partial charge is 0.362 e. The van der Waals surface area contributed by atoms with Gasteiger partial charge in [0.1, 0.15) is 5.82 Å². The van der Waals surface area contributed by atoms with Crippen LogP contribution in [-0.2, 0) is 0 Å². The van der Waals surface area contributed by atoms with Crippen molar-refractivity contribution in [3.05, 3.63) is 42.2 Å². The van der Waals surface area contributed by atoms with E-state index in [1.54, 1.807) is 12.4 Å². The third-order valence-corrected chi connectivity index (χ3v) is 1.82. The number of rotatable bonds is 4. The lowest BCUT2D eigenvalue weighted by molar-refractivity contribution is 1.06. The molecule has 0 atom stereocenters. The van der Waals surface area contributed by atoms with Crippen LogP contribution in [0.2, 0.25) is 0 Å². The first kappa shape index (κ1) is 11.2. The van der Waals surface area contributed by atoms with Gasteiger partial charge in [-0.2, -0.15) is 0 Å². The van der Waals surface area contributed by atoms with Crippen molar-refractivity contribution < 1.29 is 0 Å². The molecule has 1 aromatic heterocycles. The maximum Gasteiger partial charge on any atom is 0.135 e. The minimum Gasteiger partial charge on any atom is -0.362 e. The normalized spacial score (nSPS) is 11.1. The highest BCUT2D eigenvalue weighted by atomic mass is 15.1. The fourth-order valence-electron chi connectivity index (χ4n) is 1.18. The molecule has 15 heavy (non-hydrogen) atoms. The topological polar surface area (TPSA) is 28.5 Å². The highest BCUT2D eigenvalue weighted by Crippen LogP contribution is 2.15. The van der Waals surface area contributed by atoms with E-state index in [1.807, 2.05) is 49.4 Å². The molecule has 78 valence electrons. The highest BCUT2D eigenvalue weighted by molar-refractivity contribution is 5.64. The average Bonchev–Trinajstić information content (AvgIpc) is 2.25. The Morgan fingerprint density at radius 3 is 2.87 bits per heavy atom. The van der Waals surface area contributed by atoms with Crippen molar-refractivity contribution in [3.63, 3.8) is 0 Å². The molecule has 0 fully saturated rings. The quantitative estimate of drug-likeness (QED) is 0.552. The predicted molar refractivity (Wildman–Crippen MR) is 66.3 cm³/mol. The Balaban J connectivity index is 2.88. The third kappa shape index (κ3) is 3.38. The van der Waals surface area contributed by atoms with Crippen LogP contribution in [0, 0.1) is 0 Å². The van der Waals surface area contributed by atoms with Crippen LogP contribution in [0.4, 0.5) is 5.82 Å². The zero-order valence-corrected chi connectivity index (χ0v) is 9.09. The summed E-state index contributed by atoms with van der Waals surface area (Å²) >= 11 is 0. The first-order chi connectivity index (χ1) is 7.25. The number of aromatic nitrogens is 1. The van der Waals surface area contributed by atoms with E-state index in [0.29, 0.717) is 0 Å². The van der Waals surface area contributed by atoms with Gasteiger partial charge in [0.15, 0.2) is 0 Å². The van der Waals surface area contributed by atoms with E-state index in [1.165, 1.54) is 0 Å². The number of hydrogen-bond acceptors (Lipinski definition) is 3. The SMILES string of the molecule is C=N/C=C\C=C\c1cccnc1N(C)C. The van der Waals surface area contributed by atoms with Crippen molar-refractivity contribution in [2.45, 2.75) is 0 Å². The lowest BCUT2D eigenvalue weighted by atomic mass is 10.2. The van der Waals surface area contributed by atoms with E-state index in [-0.39, 0.29) is 0 Å². The van der Waals surface area contributed by atoms with Crippen LogP contribution in [0.3, 0.4) is 0 Å². The molecule has 0 radical (unpaired) electrons. The van der Waals surface area contributed by atoms with E-state index in [2.05, 4.69) is 16.7 Å². The second-order valence-electron chi connectivity index (χ2n) is 3.19. The number of nitrogens with zero attached hydrogens (tertiary/aromatic N) is 3. The van der Waals surface area contributed by atoms with Crippen LogP contribution in [0.1, 0.15) is 5.56 Å². The van der Waals surface area contributed by atoms with Crippen molar-refractivity contribution in [3.8, 4) is 0 Å². The summed E-state index contributed by atoms with van der Waals surface area (Å²) in [6, 6.07) is 3.94. The summed E-state index contributed by atoms with van der Waals surface area (Å²) in [6.45, 7) is 3.36. The molecule has 0 aliphatic carbocycles. The Morgan fingerprint density at radius 1 is 1.40 bits per heavy atom. The second-order valence-corrected chi connectivity index (χ2v) is 3.19.